The molecule has 2 N–H and O–H groups in total. The highest BCUT2D eigenvalue weighted by atomic mass is 32.2. The summed E-state index contributed by atoms with van der Waals surface area (Å²) >= 11 is 0. The van der Waals surface area contributed by atoms with Crippen LogP contribution in [0, 0.1) is 0 Å². The maximum absolute atomic E-state index is 11.0. The van der Waals surface area contributed by atoms with Crippen molar-refractivity contribution in [1.82, 2.24) is 10.2 Å². The van der Waals surface area contributed by atoms with E-state index in [1.165, 1.54) is 6.26 Å². The number of hydrogen-bond donors (Lipinski definition) is 2. The van der Waals surface area contributed by atoms with E-state index in [1.807, 2.05) is 19.0 Å². The third-order valence-corrected chi connectivity index (χ3v) is 4.47. The Labute approximate surface area is 111 Å². The fourth-order valence-corrected chi connectivity index (χ4v) is 2.51. The van der Waals surface area contributed by atoms with Crippen LogP contribution in [0.2, 0.25) is 0 Å². The summed E-state index contributed by atoms with van der Waals surface area (Å²) < 4.78 is 22.1. The van der Waals surface area contributed by atoms with Crippen molar-refractivity contribution in [1.29, 1.82) is 0 Å². The normalized spacial score (nSPS) is 15.9. The van der Waals surface area contributed by atoms with Gasteiger partial charge in [0.15, 0.2) is 0 Å². The Morgan fingerprint density at radius 2 is 1.94 bits per heavy atom. The van der Waals surface area contributed by atoms with Gasteiger partial charge in [0.2, 0.25) is 0 Å². The predicted molar refractivity (Wildman–Crippen MR) is 75.6 cm³/mol. The van der Waals surface area contributed by atoms with Gasteiger partial charge in [-0.3, -0.25) is 0 Å². The number of aliphatic hydroxyl groups is 1. The largest absolute Gasteiger partial charge is 0.394 e. The highest BCUT2D eigenvalue weighted by Crippen LogP contribution is 2.16. The number of nitrogens with zero attached hydrogens (tertiary/aromatic N) is 1. The van der Waals surface area contributed by atoms with Gasteiger partial charge in [-0.05, 0) is 39.9 Å². The van der Waals surface area contributed by atoms with E-state index in [4.69, 9.17) is 0 Å². The van der Waals surface area contributed by atoms with Crippen LogP contribution < -0.4 is 5.32 Å². The van der Waals surface area contributed by atoms with Gasteiger partial charge >= 0.3 is 0 Å². The molecular weight excluding hydrogens is 252 g/mol. The molecule has 5 nitrogen and oxygen atoms in total. The van der Waals surface area contributed by atoms with E-state index in [0.717, 1.165) is 25.8 Å². The highest BCUT2D eigenvalue weighted by Gasteiger charge is 2.24. The second-order valence-corrected chi connectivity index (χ2v) is 7.34. The van der Waals surface area contributed by atoms with E-state index < -0.39 is 9.84 Å². The minimum absolute atomic E-state index is 0.132. The molecule has 0 aromatic carbocycles. The van der Waals surface area contributed by atoms with E-state index >= 15 is 0 Å². The molecule has 0 aliphatic carbocycles. The minimum Gasteiger partial charge on any atom is -0.394 e. The molecule has 6 heteroatoms. The molecular formula is C12H28N2O3S. The number of hydrogen-bond acceptors (Lipinski definition) is 5. The van der Waals surface area contributed by atoms with E-state index in [0.29, 0.717) is 6.54 Å². The van der Waals surface area contributed by atoms with Crippen molar-refractivity contribution in [3.63, 3.8) is 0 Å². The van der Waals surface area contributed by atoms with Crippen molar-refractivity contribution in [3.8, 4) is 0 Å². The monoisotopic (exact) mass is 280 g/mol. The molecule has 0 radical (unpaired) electrons. The number of likely N-dealkylation sites (N-methyl/N-ethyl adjacent to an activating group) is 1. The van der Waals surface area contributed by atoms with E-state index in [9.17, 15) is 13.5 Å². The second-order valence-electron chi connectivity index (χ2n) is 5.08. The molecule has 0 aromatic heterocycles. The lowest BCUT2D eigenvalue weighted by molar-refractivity contribution is 0.148. The molecule has 0 heterocycles. The van der Waals surface area contributed by atoms with E-state index in [1.54, 1.807) is 0 Å². The average molecular weight is 280 g/mol. The van der Waals surface area contributed by atoms with Crippen LogP contribution in [-0.2, 0) is 9.84 Å². The van der Waals surface area contributed by atoms with Crippen LogP contribution in [0.15, 0.2) is 0 Å². The summed E-state index contributed by atoms with van der Waals surface area (Å²) in [6, 6.07) is 0. The fourth-order valence-electron chi connectivity index (χ4n) is 1.87. The maximum atomic E-state index is 11.0. The smallest absolute Gasteiger partial charge is 0.148 e. The number of sulfone groups is 1. The molecule has 0 spiro atoms. The Morgan fingerprint density at radius 1 is 1.33 bits per heavy atom. The first-order valence-electron chi connectivity index (χ1n) is 6.44. The van der Waals surface area contributed by atoms with Gasteiger partial charge < -0.3 is 15.3 Å². The first kappa shape index (κ1) is 17.8. The Hall–Kier alpha value is -0.170. The van der Waals surface area contributed by atoms with Crippen molar-refractivity contribution in [3.05, 3.63) is 0 Å². The summed E-state index contributed by atoms with van der Waals surface area (Å²) in [5.41, 5.74) is -0.197. The topological polar surface area (TPSA) is 69.6 Å². The molecule has 0 rings (SSSR count). The van der Waals surface area contributed by atoms with Crippen molar-refractivity contribution in [2.75, 3.05) is 45.8 Å². The number of nitrogens with one attached hydrogen (secondary N) is 1. The Kier molecular flexibility index (Phi) is 8.02. The lowest BCUT2D eigenvalue weighted by atomic mass is 9.91. The van der Waals surface area contributed by atoms with Crippen molar-refractivity contribution < 1.29 is 13.5 Å². The zero-order valence-corrected chi connectivity index (χ0v) is 12.9. The lowest BCUT2D eigenvalue weighted by Gasteiger charge is -2.31. The molecule has 0 bridgehead atoms. The van der Waals surface area contributed by atoms with E-state index in [-0.39, 0.29) is 17.9 Å². The van der Waals surface area contributed by atoms with Crippen LogP contribution in [-0.4, -0.2) is 69.8 Å². The fraction of sp³-hybridized carbons (Fsp3) is 1.00. The second kappa shape index (κ2) is 8.09. The van der Waals surface area contributed by atoms with Gasteiger partial charge in [0, 0.05) is 18.3 Å². The van der Waals surface area contributed by atoms with E-state index in [2.05, 4.69) is 12.2 Å². The molecule has 0 aromatic rings. The van der Waals surface area contributed by atoms with Gasteiger partial charge in [-0.25, -0.2) is 8.42 Å². The van der Waals surface area contributed by atoms with Gasteiger partial charge in [-0.2, -0.15) is 0 Å². The standard InChI is InChI=1S/C12H28N2O3S/c1-5-12(11-15,13-2)7-6-8-14(3)9-10-18(4,16)17/h13,15H,5-11H2,1-4H3. The summed E-state index contributed by atoms with van der Waals surface area (Å²) in [5, 5.41) is 12.6. The Bertz CT molecular complexity index is 305. The molecule has 0 saturated carbocycles. The molecule has 1 unspecified atom stereocenters. The maximum Gasteiger partial charge on any atom is 0.148 e. The molecule has 0 amide bonds. The Morgan fingerprint density at radius 3 is 2.33 bits per heavy atom. The summed E-state index contributed by atoms with van der Waals surface area (Å²) in [4.78, 5) is 2.02. The van der Waals surface area contributed by atoms with Gasteiger partial charge in [-0.15, -0.1) is 0 Å². The van der Waals surface area contributed by atoms with Gasteiger partial charge in [0.25, 0.3) is 0 Å². The number of aliphatic hydroxyl groups excluding tert-OH is 1. The van der Waals surface area contributed by atoms with Gasteiger partial charge in [-0.1, -0.05) is 6.92 Å². The number of rotatable bonds is 10. The molecule has 0 aliphatic rings. The molecule has 110 valence electrons. The molecule has 0 saturated heterocycles. The Balaban J connectivity index is 3.96. The van der Waals surface area contributed by atoms with Crippen molar-refractivity contribution in [2.45, 2.75) is 31.7 Å². The van der Waals surface area contributed by atoms with Gasteiger partial charge in [0.05, 0.1) is 12.4 Å². The minimum atomic E-state index is -2.88. The molecule has 0 fully saturated rings. The SMILES string of the molecule is CCC(CO)(CCCN(C)CCS(C)(=O)=O)NC. The van der Waals surface area contributed by atoms with Crippen LogP contribution >= 0.6 is 0 Å². The highest BCUT2D eigenvalue weighted by molar-refractivity contribution is 7.90. The first-order valence-corrected chi connectivity index (χ1v) is 8.50. The average Bonchev–Trinajstić information content (AvgIpc) is 2.32. The molecule has 18 heavy (non-hydrogen) atoms. The third-order valence-electron chi connectivity index (χ3n) is 3.55. The predicted octanol–water partition coefficient (Wildman–Crippen LogP) is 0.104. The van der Waals surface area contributed by atoms with Crippen LogP contribution in [0.5, 0.6) is 0 Å². The van der Waals surface area contributed by atoms with Crippen molar-refractivity contribution in [2.24, 2.45) is 0 Å². The lowest BCUT2D eigenvalue weighted by Crippen LogP contribution is -2.46. The van der Waals surface area contributed by atoms with Crippen LogP contribution in [0.4, 0.5) is 0 Å². The summed E-state index contributed by atoms with van der Waals surface area (Å²) in [5.74, 6) is 0.203. The van der Waals surface area contributed by atoms with Crippen molar-refractivity contribution >= 4 is 9.84 Å². The summed E-state index contributed by atoms with van der Waals surface area (Å²) in [7, 11) is 0.915. The molecule has 1 atom stereocenters. The van der Waals surface area contributed by atoms with Crippen LogP contribution in [0.3, 0.4) is 0 Å². The van der Waals surface area contributed by atoms with Crippen LogP contribution in [0.25, 0.3) is 0 Å². The first-order chi connectivity index (χ1) is 8.28. The van der Waals surface area contributed by atoms with Gasteiger partial charge in [0.1, 0.15) is 9.84 Å². The zero-order chi connectivity index (χ0) is 14.2. The third kappa shape index (κ3) is 7.31. The summed E-state index contributed by atoms with van der Waals surface area (Å²) in [6.07, 6.45) is 3.97. The molecule has 0 aliphatic heterocycles. The quantitative estimate of drug-likeness (QED) is 0.594. The summed E-state index contributed by atoms with van der Waals surface area (Å²) in [6.45, 7) is 3.60. The zero-order valence-electron chi connectivity index (χ0n) is 12.1. The van der Waals surface area contributed by atoms with Crippen LogP contribution in [0.1, 0.15) is 26.2 Å².